The Kier molecular flexibility index (Phi) is 4.18. The Morgan fingerprint density at radius 1 is 1.44 bits per heavy atom. The lowest BCUT2D eigenvalue weighted by Crippen LogP contribution is -2.23. The average Bonchev–Trinajstić information content (AvgIpc) is 2.63. The molecular weight excluding hydrogens is 389 g/mol. The van der Waals surface area contributed by atoms with Gasteiger partial charge in [0.05, 0.1) is 28.1 Å². The highest BCUT2D eigenvalue weighted by atomic mass is 127. The molecule has 0 saturated carbocycles. The summed E-state index contributed by atoms with van der Waals surface area (Å²) in [6.45, 7) is 0. The van der Waals surface area contributed by atoms with Crippen molar-refractivity contribution in [3.8, 4) is 0 Å². The predicted molar refractivity (Wildman–Crippen MR) is 79.6 cm³/mol. The van der Waals surface area contributed by atoms with Crippen LogP contribution in [0.4, 0.5) is 5.69 Å². The highest BCUT2D eigenvalue weighted by Gasteiger charge is 2.33. The number of hydrogen-bond donors (Lipinski definition) is 1. The smallest absolute Gasteiger partial charge is 0.228 e. The van der Waals surface area contributed by atoms with Crippen molar-refractivity contribution in [3.63, 3.8) is 0 Å². The summed E-state index contributed by atoms with van der Waals surface area (Å²) in [5.74, 6) is -0.726. The third kappa shape index (κ3) is 3.36. The molecule has 1 aliphatic rings. The predicted octanol–water partition coefficient (Wildman–Crippen LogP) is 2.32. The standard InChI is InChI=1S/C11H11ClINO3S/c12-9-5-8(13)1-2-10(9)14-11(15)7-3-4-18(16,17)6-7/h1-2,5,7H,3-4,6H2,(H,14,15). The van der Waals surface area contributed by atoms with E-state index in [0.29, 0.717) is 17.1 Å². The van der Waals surface area contributed by atoms with Crippen molar-refractivity contribution in [2.75, 3.05) is 16.8 Å². The van der Waals surface area contributed by atoms with Gasteiger partial charge in [0.25, 0.3) is 0 Å². The van der Waals surface area contributed by atoms with Gasteiger partial charge in [0.15, 0.2) is 9.84 Å². The molecule has 0 bridgehead atoms. The van der Waals surface area contributed by atoms with Crippen molar-refractivity contribution in [1.29, 1.82) is 0 Å². The van der Waals surface area contributed by atoms with E-state index in [1.807, 2.05) is 6.07 Å². The minimum Gasteiger partial charge on any atom is -0.324 e. The van der Waals surface area contributed by atoms with Gasteiger partial charge < -0.3 is 5.32 Å². The van der Waals surface area contributed by atoms with E-state index in [0.717, 1.165) is 3.57 Å². The van der Waals surface area contributed by atoms with E-state index in [-0.39, 0.29) is 17.4 Å². The molecule has 1 amide bonds. The van der Waals surface area contributed by atoms with Gasteiger partial charge in [-0.05, 0) is 47.2 Å². The van der Waals surface area contributed by atoms with Crippen LogP contribution in [0.25, 0.3) is 0 Å². The first kappa shape index (κ1) is 14.1. The Morgan fingerprint density at radius 2 is 2.17 bits per heavy atom. The van der Waals surface area contributed by atoms with Crippen LogP contribution in [-0.4, -0.2) is 25.8 Å². The lowest BCUT2D eigenvalue weighted by molar-refractivity contribution is -0.119. The molecule has 2 rings (SSSR count). The number of amides is 1. The lowest BCUT2D eigenvalue weighted by atomic mass is 10.1. The normalized spacial score (nSPS) is 21.8. The van der Waals surface area contributed by atoms with Crippen molar-refractivity contribution in [3.05, 3.63) is 26.8 Å². The van der Waals surface area contributed by atoms with Crippen LogP contribution in [0.15, 0.2) is 18.2 Å². The third-order valence-corrected chi connectivity index (χ3v) is 5.54. The topological polar surface area (TPSA) is 63.2 Å². The van der Waals surface area contributed by atoms with Crippen LogP contribution < -0.4 is 5.32 Å². The van der Waals surface area contributed by atoms with Gasteiger partial charge in [0.2, 0.25) is 5.91 Å². The summed E-state index contributed by atoms with van der Waals surface area (Å²) in [6.07, 6.45) is 0.385. The second kappa shape index (κ2) is 5.34. The summed E-state index contributed by atoms with van der Waals surface area (Å²) in [4.78, 5) is 11.9. The van der Waals surface area contributed by atoms with E-state index in [9.17, 15) is 13.2 Å². The largest absolute Gasteiger partial charge is 0.324 e. The summed E-state index contributed by atoms with van der Waals surface area (Å²) in [5.41, 5.74) is 0.520. The molecule has 1 aromatic rings. The Labute approximate surface area is 124 Å². The van der Waals surface area contributed by atoms with Crippen LogP contribution in [0.1, 0.15) is 6.42 Å². The van der Waals surface area contributed by atoms with Crippen LogP contribution in [0.3, 0.4) is 0 Å². The molecule has 1 fully saturated rings. The average molecular weight is 400 g/mol. The van der Waals surface area contributed by atoms with E-state index in [1.54, 1.807) is 12.1 Å². The molecular formula is C11H11ClINO3S. The summed E-state index contributed by atoms with van der Waals surface area (Å²) < 4.78 is 23.6. The Hall–Kier alpha value is -0.340. The molecule has 0 aliphatic carbocycles. The maximum Gasteiger partial charge on any atom is 0.228 e. The molecule has 1 heterocycles. The summed E-state index contributed by atoms with van der Waals surface area (Å²) in [6, 6.07) is 5.28. The molecule has 98 valence electrons. The minimum atomic E-state index is -3.04. The number of sulfone groups is 1. The highest BCUT2D eigenvalue weighted by Crippen LogP contribution is 2.26. The fourth-order valence-electron chi connectivity index (χ4n) is 1.83. The first-order chi connectivity index (χ1) is 8.37. The Balaban J connectivity index is 2.08. The lowest BCUT2D eigenvalue weighted by Gasteiger charge is -2.10. The molecule has 0 spiro atoms. The monoisotopic (exact) mass is 399 g/mol. The molecule has 1 saturated heterocycles. The number of halogens is 2. The Bertz CT molecular complexity index is 588. The van der Waals surface area contributed by atoms with Gasteiger partial charge >= 0.3 is 0 Å². The maximum absolute atomic E-state index is 11.9. The zero-order valence-electron chi connectivity index (χ0n) is 9.32. The van der Waals surface area contributed by atoms with Crippen molar-refractivity contribution in [1.82, 2.24) is 0 Å². The first-order valence-corrected chi connectivity index (χ1v) is 8.61. The van der Waals surface area contributed by atoms with E-state index in [4.69, 9.17) is 11.6 Å². The second-order valence-electron chi connectivity index (χ2n) is 4.21. The van der Waals surface area contributed by atoms with Crippen molar-refractivity contribution >= 4 is 55.6 Å². The molecule has 1 unspecified atom stereocenters. The van der Waals surface area contributed by atoms with Gasteiger partial charge in [0, 0.05) is 3.57 Å². The number of anilines is 1. The van der Waals surface area contributed by atoms with Gasteiger partial charge in [-0.15, -0.1) is 0 Å². The third-order valence-electron chi connectivity index (χ3n) is 2.79. The van der Waals surface area contributed by atoms with Crippen molar-refractivity contribution in [2.24, 2.45) is 5.92 Å². The number of nitrogens with one attached hydrogen (secondary N) is 1. The van der Waals surface area contributed by atoms with Crippen LogP contribution >= 0.6 is 34.2 Å². The van der Waals surface area contributed by atoms with Crippen LogP contribution in [0, 0.1) is 9.49 Å². The van der Waals surface area contributed by atoms with E-state index in [1.165, 1.54) is 0 Å². The van der Waals surface area contributed by atoms with Gasteiger partial charge in [0.1, 0.15) is 0 Å². The zero-order chi connectivity index (χ0) is 13.3. The first-order valence-electron chi connectivity index (χ1n) is 5.34. The number of carbonyl (C=O) groups excluding carboxylic acids is 1. The minimum absolute atomic E-state index is 0.0686. The molecule has 1 N–H and O–H groups in total. The van der Waals surface area contributed by atoms with Gasteiger partial charge in [-0.25, -0.2) is 8.42 Å². The Morgan fingerprint density at radius 3 is 2.72 bits per heavy atom. The fourth-order valence-corrected chi connectivity index (χ4v) is 4.47. The van der Waals surface area contributed by atoms with E-state index < -0.39 is 15.8 Å². The number of rotatable bonds is 2. The molecule has 4 nitrogen and oxygen atoms in total. The SMILES string of the molecule is O=C(Nc1ccc(I)cc1Cl)C1CCS(=O)(=O)C1. The molecule has 1 aliphatic heterocycles. The summed E-state index contributed by atoms with van der Waals surface area (Å²) in [5, 5.41) is 3.13. The van der Waals surface area contributed by atoms with Crippen molar-refractivity contribution < 1.29 is 13.2 Å². The van der Waals surface area contributed by atoms with Crippen LogP contribution in [0.2, 0.25) is 5.02 Å². The van der Waals surface area contributed by atoms with E-state index in [2.05, 4.69) is 27.9 Å². The summed E-state index contributed by atoms with van der Waals surface area (Å²) >= 11 is 8.12. The van der Waals surface area contributed by atoms with Crippen molar-refractivity contribution in [2.45, 2.75) is 6.42 Å². The molecule has 7 heteroatoms. The van der Waals surface area contributed by atoms with Gasteiger partial charge in [-0.1, -0.05) is 11.6 Å². The maximum atomic E-state index is 11.9. The van der Waals surface area contributed by atoms with Gasteiger partial charge in [-0.2, -0.15) is 0 Å². The quantitative estimate of drug-likeness (QED) is 0.776. The highest BCUT2D eigenvalue weighted by molar-refractivity contribution is 14.1. The summed E-state index contributed by atoms with van der Waals surface area (Å²) in [7, 11) is -3.04. The molecule has 0 aromatic heterocycles. The van der Waals surface area contributed by atoms with E-state index >= 15 is 0 Å². The van der Waals surface area contributed by atoms with Crippen LogP contribution in [0.5, 0.6) is 0 Å². The fraction of sp³-hybridized carbons (Fsp3) is 0.364. The number of benzene rings is 1. The van der Waals surface area contributed by atoms with Crippen LogP contribution in [-0.2, 0) is 14.6 Å². The molecule has 18 heavy (non-hydrogen) atoms. The molecule has 1 aromatic carbocycles. The number of carbonyl (C=O) groups is 1. The second-order valence-corrected chi connectivity index (χ2v) is 8.09. The zero-order valence-corrected chi connectivity index (χ0v) is 13.0. The number of hydrogen-bond acceptors (Lipinski definition) is 3. The molecule has 0 radical (unpaired) electrons. The molecule has 1 atom stereocenters. The van der Waals surface area contributed by atoms with Gasteiger partial charge in [-0.3, -0.25) is 4.79 Å².